The van der Waals surface area contributed by atoms with E-state index >= 15 is 4.79 Å². The first-order chi connectivity index (χ1) is 34.9. The minimum Gasteiger partial charge on any atom is -0.366 e. The highest BCUT2D eigenvalue weighted by Gasteiger charge is 2.56. The summed E-state index contributed by atoms with van der Waals surface area (Å²) < 4.78 is 2.20. The number of carbonyl (C=O) groups is 5. The predicted molar refractivity (Wildman–Crippen MR) is 275 cm³/mol. The predicted octanol–water partition coefficient (Wildman–Crippen LogP) is 6.94. The van der Waals surface area contributed by atoms with E-state index in [0.29, 0.717) is 83.3 Å². The van der Waals surface area contributed by atoms with Crippen LogP contribution < -0.4 is 20.4 Å². The van der Waals surface area contributed by atoms with E-state index in [1.54, 1.807) is 6.20 Å². The number of anilines is 3. The lowest BCUT2D eigenvalue weighted by Gasteiger charge is -2.48. The van der Waals surface area contributed by atoms with Crippen LogP contribution >= 0.6 is 0 Å². The number of hydrogen-bond donors (Lipinski definition) is 2. The van der Waals surface area contributed by atoms with E-state index in [2.05, 4.69) is 79.9 Å². The number of nitrogens with one attached hydrogen (secondary N) is 2. The van der Waals surface area contributed by atoms with Gasteiger partial charge >= 0.3 is 0 Å². The Morgan fingerprint density at radius 3 is 2.25 bits per heavy atom. The molecule has 7 fully saturated rings. The Morgan fingerprint density at radius 2 is 1.56 bits per heavy atom. The lowest BCUT2D eigenvalue weighted by molar-refractivity contribution is -0.146. The summed E-state index contributed by atoms with van der Waals surface area (Å²) in [6.45, 7) is 11.8. The van der Waals surface area contributed by atoms with Crippen LogP contribution in [-0.2, 0) is 29.4 Å². The number of aromatic nitrogens is 4. The van der Waals surface area contributed by atoms with Crippen LogP contribution in [0.25, 0.3) is 22.3 Å². The number of benzene rings is 1. The first-order valence-electron chi connectivity index (χ1n) is 27.4. The second-order valence-corrected chi connectivity index (χ2v) is 22.9. The SMILES string of the molecule is CC(C)n1cnc2cc(-c3ccc4c(c3)N(C3CC(N5CCCCC5)C3)C(=O)C43CCN(C(=O)[C@@H]4CCN(C(=O)C5CCN(c6ccc(C7CCC(=O)NC7=O)cn6)CC5)[C@H](C)C4)CC3)nc(NC3CC3)c21. The Kier molecular flexibility index (Phi) is 12.3. The molecule has 3 aromatic heterocycles. The molecule has 6 aliphatic heterocycles. The first kappa shape index (κ1) is 47.1. The molecule has 12 rings (SSSR count). The van der Waals surface area contributed by atoms with Gasteiger partial charge in [-0.05, 0) is 147 Å². The molecule has 380 valence electrons. The summed E-state index contributed by atoms with van der Waals surface area (Å²) in [5.74, 6) is 1.15. The van der Waals surface area contributed by atoms with E-state index in [-0.39, 0.29) is 65.4 Å². The highest BCUT2D eigenvalue weighted by Crippen LogP contribution is 2.52. The fourth-order valence-corrected chi connectivity index (χ4v) is 13.6. The topological polar surface area (TPSA) is 169 Å². The smallest absolute Gasteiger partial charge is 0.238 e. The average Bonchev–Trinajstić information content (AvgIpc) is 4.05. The van der Waals surface area contributed by atoms with Crippen molar-refractivity contribution in [1.29, 1.82) is 0 Å². The van der Waals surface area contributed by atoms with E-state index in [0.717, 1.165) is 102 Å². The van der Waals surface area contributed by atoms with Gasteiger partial charge in [-0.3, -0.25) is 29.3 Å². The molecule has 0 bridgehead atoms. The monoisotopic (exact) mass is 978 g/mol. The number of carbonyl (C=O) groups excluding carboxylic acids is 5. The summed E-state index contributed by atoms with van der Waals surface area (Å²) in [5, 5.41) is 6.14. The van der Waals surface area contributed by atoms with Gasteiger partial charge in [0.2, 0.25) is 29.5 Å². The Balaban J connectivity index is 0.704. The molecule has 1 spiro atoms. The average molecular weight is 978 g/mol. The molecule has 5 saturated heterocycles. The Morgan fingerprint density at radius 1 is 0.792 bits per heavy atom. The van der Waals surface area contributed by atoms with Crippen molar-refractivity contribution < 1.29 is 24.0 Å². The standard InChI is InChI=1S/C56H71N11O5/c1-34(2)66-33-58-46-31-45(60-51(50(46)66)59-40-9-10-40)37-7-12-44-47(28-37)67(42-29-41(30-42)62-20-5-4-6-21-62)55(72)56(44)18-25-64(26-19-56)53(70)38-17-24-65(35(3)27-38)54(71)36-15-22-63(23-16-36)48-13-8-39(32-57-48)43-11-14-49(68)61-52(43)69/h7-8,12-13,28,31-36,38,40-43H,4-6,9-11,14-27,29-30H2,1-3H3,(H,59,60)(H,61,68,69)/t35-,38-,41?,42?,43?/m1/s1. The van der Waals surface area contributed by atoms with Crippen molar-refractivity contribution in [3.8, 4) is 11.3 Å². The van der Waals surface area contributed by atoms with Crippen molar-refractivity contribution in [1.82, 2.24) is 39.5 Å². The van der Waals surface area contributed by atoms with Crippen LogP contribution in [0.5, 0.6) is 0 Å². The van der Waals surface area contributed by atoms with Crippen molar-refractivity contribution in [2.75, 3.05) is 60.9 Å². The number of imidazole rings is 1. The van der Waals surface area contributed by atoms with Gasteiger partial charge in [-0.25, -0.2) is 15.0 Å². The van der Waals surface area contributed by atoms with Crippen LogP contribution in [0.15, 0.2) is 48.9 Å². The Hall–Kier alpha value is -5.90. The number of likely N-dealkylation sites (tertiary alicyclic amines) is 3. The molecule has 2 N–H and O–H groups in total. The first-order valence-corrected chi connectivity index (χ1v) is 27.4. The van der Waals surface area contributed by atoms with Crippen LogP contribution in [-0.4, -0.2) is 134 Å². The van der Waals surface area contributed by atoms with Gasteiger partial charge in [-0.15, -0.1) is 0 Å². The van der Waals surface area contributed by atoms with Gasteiger partial charge in [0.15, 0.2) is 5.82 Å². The molecule has 9 heterocycles. The normalized spacial score (nSPS) is 27.1. The molecule has 1 unspecified atom stereocenters. The third-order valence-corrected chi connectivity index (χ3v) is 18.1. The van der Waals surface area contributed by atoms with Gasteiger partial charge in [-0.2, -0.15) is 0 Å². The van der Waals surface area contributed by atoms with E-state index < -0.39 is 5.41 Å². The number of rotatable bonds is 10. The molecule has 3 atom stereocenters. The third-order valence-electron chi connectivity index (χ3n) is 18.1. The van der Waals surface area contributed by atoms with Crippen LogP contribution in [0.1, 0.15) is 140 Å². The largest absolute Gasteiger partial charge is 0.366 e. The van der Waals surface area contributed by atoms with Gasteiger partial charge in [0, 0.05) is 98.6 Å². The summed E-state index contributed by atoms with van der Waals surface area (Å²) in [7, 11) is 0. The van der Waals surface area contributed by atoms with E-state index in [1.807, 2.05) is 28.3 Å². The molecule has 8 aliphatic rings. The lowest BCUT2D eigenvalue weighted by atomic mass is 9.73. The summed E-state index contributed by atoms with van der Waals surface area (Å²) in [5.41, 5.74) is 6.03. The van der Waals surface area contributed by atoms with Crippen LogP contribution in [0.3, 0.4) is 0 Å². The molecule has 1 aromatic carbocycles. The molecule has 4 aromatic rings. The Labute approximate surface area is 422 Å². The number of pyridine rings is 2. The van der Waals surface area contributed by atoms with E-state index in [1.165, 1.54) is 19.3 Å². The molecule has 16 nitrogen and oxygen atoms in total. The number of nitrogens with zero attached hydrogens (tertiary/aromatic N) is 9. The zero-order chi connectivity index (χ0) is 49.4. The maximum atomic E-state index is 15.3. The van der Waals surface area contributed by atoms with Crippen molar-refractivity contribution in [2.24, 2.45) is 11.8 Å². The number of imide groups is 1. The van der Waals surface area contributed by atoms with Crippen LogP contribution in [0.4, 0.5) is 17.3 Å². The van der Waals surface area contributed by atoms with E-state index in [9.17, 15) is 19.2 Å². The maximum Gasteiger partial charge on any atom is 0.238 e. The third kappa shape index (κ3) is 8.52. The Bertz CT molecular complexity index is 2760. The summed E-state index contributed by atoms with van der Waals surface area (Å²) in [6.07, 6.45) is 16.5. The zero-order valence-electron chi connectivity index (χ0n) is 42.4. The van der Waals surface area contributed by atoms with E-state index in [4.69, 9.17) is 9.97 Å². The summed E-state index contributed by atoms with van der Waals surface area (Å²) >= 11 is 0. The number of piperidine rings is 5. The van der Waals surface area contributed by atoms with Crippen molar-refractivity contribution in [3.05, 3.63) is 60.0 Å². The molecule has 2 aliphatic carbocycles. The molecular formula is C56H71N11O5. The summed E-state index contributed by atoms with van der Waals surface area (Å²) in [4.78, 5) is 93.6. The van der Waals surface area contributed by atoms with Gasteiger partial charge in [0.25, 0.3) is 0 Å². The van der Waals surface area contributed by atoms with Crippen molar-refractivity contribution >= 4 is 57.9 Å². The summed E-state index contributed by atoms with van der Waals surface area (Å²) in [6, 6.07) is 13.8. The fourth-order valence-electron chi connectivity index (χ4n) is 13.6. The number of hydrogen-bond acceptors (Lipinski definition) is 11. The lowest BCUT2D eigenvalue weighted by Crippen LogP contribution is -2.58. The quantitative estimate of drug-likeness (QED) is 0.158. The number of fused-ring (bicyclic) bond motifs is 3. The second kappa shape index (κ2) is 18.9. The molecular weight excluding hydrogens is 907 g/mol. The van der Waals surface area contributed by atoms with Crippen LogP contribution in [0.2, 0.25) is 0 Å². The molecule has 5 amide bonds. The van der Waals surface area contributed by atoms with Gasteiger partial charge < -0.3 is 34.4 Å². The highest BCUT2D eigenvalue weighted by atomic mass is 16.2. The van der Waals surface area contributed by atoms with Gasteiger partial charge in [-0.1, -0.05) is 24.6 Å². The number of amides is 5. The molecule has 2 saturated carbocycles. The van der Waals surface area contributed by atoms with Crippen molar-refractivity contribution in [3.63, 3.8) is 0 Å². The highest BCUT2D eigenvalue weighted by molar-refractivity contribution is 6.09. The van der Waals surface area contributed by atoms with Crippen LogP contribution in [0, 0.1) is 11.8 Å². The minimum atomic E-state index is -0.680. The second-order valence-electron chi connectivity index (χ2n) is 22.9. The zero-order valence-corrected chi connectivity index (χ0v) is 42.4. The molecule has 0 radical (unpaired) electrons. The maximum absolute atomic E-state index is 15.3. The minimum absolute atomic E-state index is 0.0418. The fraction of sp³-hybridized carbons (Fsp3) is 0.607. The molecule has 72 heavy (non-hydrogen) atoms. The van der Waals surface area contributed by atoms with Crippen molar-refractivity contribution in [2.45, 2.75) is 159 Å². The van der Waals surface area contributed by atoms with Gasteiger partial charge in [0.05, 0.1) is 28.9 Å². The molecule has 16 heteroatoms. The van der Waals surface area contributed by atoms with Gasteiger partial charge in [0.1, 0.15) is 11.3 Å².